The van der Waals surface area contributed by atoms with Gasteiger partial charge in [0.1, 0.15) is 5.41 Å². The fraction of sp³-hybridized carbons (Fsp3) is 0.714. The molecule has 0 aromatic carbocycles. The summed E-state index contributed by atoms with van der Waals surface area (Å²) in [5.74, 6) is -6.68. The topological polar surface area (TPSA) is 149 Å². The molecule has 0 saturated carbocycles. The summed E-state index contributed by atoms with van der Waals surface area (Å²) in [4.78, 5) is 47.2. The fourth-order valence-electron chi connectivity index (χ4n) is 3.23. The van der Waals surface area contributed by atoms with E-state index in [4.69, 9.17) is 0 Å². The largest absolute Gasteiger partial charge is 0.481 e. The second-order valence-corrected chi connectivity index (χ2v) is 5.23. The Bertz CT molecular complexity index is 477. The van der Waals surface area contributed by atoms with Crippen molar-refractivity contribution >= 4 is 23.7 Å². The number of carbonyl (C=O) groups is 4. The summed E-state index contributed by atoms with van der Waals surface area (Å²) in [6, 6.07) is 0. The lowest BCUT2D eigenvalue weighted by Crippen LogP contribution is -2.71. The maximum absolute atomic E-state index is 12.0. The predicted octanol–water partition coefficient (Wildman–Crippen LogP) is 0.763. The lowest BCUT2D eigenvalue weighted by Gasteiger charge is -2.48. The van der Waals surface area contributed by atoms with Gasteiger partial charge in [0.25, 0.3) is 0 Å². The molecule has 0 aliphatic rings. The van der Waals surface area contributed by atoms with Crippen LogP contribution in [-0.4, -0.2) is 49.7 Å². The number of carboxylic acids is 3. The van der Waals surface area contributed by atoms with Crippen molar-refractivity contribution in [1.82, 2.24) is 0 Å². The molecular weight excluding hydrogens is 296 g/mol. The van der Waals surface area contributed by atoms with Crippen LogP contribution in [0, 0.1) is 10.8 Å². The molecule has 0 fully saturated rings. The highest BCUT2D eigenvalue weighted by Gasteiger charge is 2.73. The van der Waals surface area contributed by atoms with Gasteiger partial charge in [0.05, 0.1) is 0 Å². The Balaban J connectivity index is 7.02. The van der Waals surface area contributed by atoms with Crippen molar-refractivity contribution in [3.8, 4) is 0 Å². The summed E-state index contributed by atoms with van der Waals surface area (Å²) >= 11 is 0. The maximum Gasteiger partial charge on any atom is 0.338 e. The Labute approximate surface area is 127 Å². The fourth-order valence-corrected chi connectivity index (χ4v) is 3.23. The van der Waals surface area contributed by atoms with E-state index in [1.807, 2.05) is 0 Å². The molecule has 8 nitrogen and oxygen atoms in total. The molecule has 0 spiro atoms. The molecule has 4 N–H and O–H groups in total. The van der Waals surface area contributed by atoms with Crippen molar-refractivity contribution in [2.75, 3.05) is 0 Å². The van der Waals surface area contributed by atoms with Crippen LogP contribution in [0.3, 0.4) is 0 Å². The third-order valence-corrected chi connectivity index (χ3v) is 4.73. The monoisotopic (exact) mass is 318 g/mol. The van der Waals surface area contributed by atoms with E-state index >= 15 is 0 Å². The number of carboxylic acid groups (broad SMARTS) is 3. The van der Waals surface area contributed by atoms with Crippen LogP contribution in [0.15, 0.2) is 0 Å². The van der Waals surface area contributed by atoms with Crippen LogP contribution < -0.4 is 0 Å². The second-order valence-electron chi connectivity index (χ2n) is 5.23. The Morgan fingerprint density at radius 3 is 1.32 bits per heavy atom. The molecule has 0 bridgehead atoms. The van der Waals surface area contributed by atoms with Crippen molar-refractivity contribution in [3.63, 3.8) is 0 Å². The molecule has 0 aromatic heterocycles. The van der Waals surface area contributed by atoms with Gasteiger partial charge in [0.2, 0.25) is 5.60 Å². The number of aliphatic hydroxyl groups is 1. The number of aliphatic carboxylic acids is 3. The molecule has 22 heavy (non-hydrogen) atoms. The average molecular weight is 318 g/mol. The van der Waals surface area contributed by atoms with E-state index in [-0.39, 0.29) is 12.8 Å². The van der Waals surface area contributed by atoms with Gasteiger partial charge in [-0.2, -0.15) is 0 Å². The summed E-state index contributed by atoms with van der Waals surface area (Å²) in [6.07, 6.45) is -1.27. The van der Waals surface area contributed by atoms with Crippen LogP contribution in [0.5, 0.6) is 0 Å². The Kier molecular flexibility index (Phi) is 5.86. The van der Waals surface area contributed by atoms with Crippen LogP contribution in [0.1, 0.15) is 47.0 Å². The summed E-state index contributed by atoms with van der Waals surface area (Å²) in [7, 11) is 0. The van der Waals surface area contributed by atoms with Gasteiger partial charge in [0, 0.05) is 0 Å². The van der Waals surface area contributed by atoms with Crippen molar-refractivity contribution in [2.45, 2.75) is 52.6 Å². The van der Waals surface area contributed by atoms with Crippen LogP contribution in [0.4, 0.5) is 0 Å². The SMILES string of the molecule is CCC(CC)(C(=O)O)C(O)(C(=O)O)C(CC)(C(C)=O)C(=O)O. The van der Waals surface area contributed by atoms with E-state index in [1.54, 1.807) is 0 Å². The Hall–Kier alpha value is -1.96. The highest BCUT2D eigenvalue weighted by Crippen LogP contribution is 2.51. The molecule has 0 radical (unpaired) electrons. The Morgan fingerprint density at radius 2 is 1.18 bits per heavy atom. The second kappa shape index (κ2) is 6.43. The molecule has 0 rings (SSSR count). The van der Waals surface area contributed by atoms with E-state index in [9.17, 15) is 39.6 Å². The van der Waals surface area contributed by atoms with Gasteiger partial charge in [-0.3, -0.25) is 14.4 Å². The minimum absolute atomic E-state index is 0.357. The number of hydrogen-bond acceptors (Lipinski definition) is 5. The Morgan fingerprint density at radius 1 is 0.773 bits per heavy atom. The van der Waals surface area contributed by atoms with Crippen LogP contribution in [0.25, 0.3) is 0 Å². The summed E-state index contributed by atoms with van der Waals surface area (Å²) < 4.78 is 0. The number of Topliss-reactive ketones (excluding diaryl/α,β-unsaturated/α-hetero) is 1. The molecule has 0 aromatic rings. The van der Waals surface area contributed by atoms with Crippen molar-refractivity contribution in [2.24, 2.45) is 10.8 Å². The minimum Gasteiger partial charge on any atom is -0.481 e. The smallest absolute Gasteiger partial charge is 0.338 e. The zero-order valence-electron chi connectivity index (χ0n) is 13.0. The van der Waals surface area contributed by atoms with Crippen LogP contribution in [-0.2, 0) is 19.2 Å². The first-order valence-electron chi connectivity index (χ1n) is 6.89. The maximum atomic E-state index is 12.0. The highest BCUT2D eigenvalue weighted by atomic mass is 16.4. The van der Waals surface area contributed by atoms with Gasteiger partial charge in [-0.15, -0.1) is 0 Å². The van der Waals surface area contributed by atoms with Crippen molar-refractivity contribution in [1.29, 1.82) is 0 Å². The molecule has 2 unspecified atom stereocenters. The van der Waals surface area contributed by atoms with Crippen LogP contribution >= 0.6 is 0 Å². The summed E-state index contributed by atoms with van der Waals surface area (Å²) in [6.45, 7) is 4.71. The lowest BCUT2D eigenvalue weighted by molar-refractivity contribution is -0.221. The summed E-state index contributed by atoms with van der Waals surface area (Å²) in [5.41, 5.74) is -8.37. The first kappa shape index (κ1) is 20.0. The van der Waals surface area contributed by atoms with Gasteiger partial charge >= 0.3 is 17.9 Å². The van der Waals surface area contributed by atoms with Gasteiger partial charge in [-0.25, -0.2) is 4.79 Å². The standard InChI is InChI=1S/C14H22O8/c1-5-12(6-2,9(16)17)14(22,11(20)21)13(7-3,8(4)15)10(18)19/h22H,5-7H2,1-4H3,(H,16,17)(H,18,19)(H,20,21). The van der Waals surface area contributed by atoms with Gasteiger partial charge in [0.15, 0.2) is 11.2 Å². The zero-order chi connectivity index (χ0) is 17.9. The van der Waals surface area contributed by atoms with Gasteiger partial charge in [-0.05, 0) is 26.2 Å². The highest BCUT2D eigenvalue weighted by molar-refractivity contribution is 6.10. The van der Waals surface area contributed by atoms with E-state index in [1.165, 1.54) is 20.8 Å². The minimum atomic E-state index is -3.29. The van der Waals surface area contributed by atoms with E-state index in [2.05, 4.69) is 0 Å². The summed E-state index contributed by atoms with van der Waals surface area (Å²) in [5, 5.41) is 39.3. The first-order valence-corrected chi connectivity index (χ1v) is 6.89. The first-order chi connectivity index (χ1) is 9.96. The molecule has 0 aliphatic carbocycles. The average Bonchev–Trinajstić information content (AvgIpc) is 2.40. The quantitative estimate of drug-likeness (QED) is 0.455. The lowest BCUT2D eigenvalue weighted by atomic mass is 9.53. The molecule has 8 heteroatoms. The van der Waals surface area contributed by atoms with E-state index in [0.29, 0.717) is 0 Å². The molecule has 0 saturated heterocycles. The molecular formula is C14H22O8. The van der Waals surface area contributed by atoms with Crippen molar-refractivity contribution in [3.05, 3.63) is 0 Å². The van der Waals surface area contributed by atoms with E-state index in [0.717, 1.165) is 6.92 Å². The van der Waals surface area contributed by atoms with Crippen LogP contribution in [0.2, 0.25) is 0 Å². The molecule has 126 valence electrons. The number of hydrogen-bond donors (Lipinski definition) is 4. The number of rotatable bonds is 9. The molecule has 0 heterocycles. The normalized spacial score (nSPS) is 17.1. The van der Waals surface area contributed by atoms with E-state index < -0.39 is 46.5 Å². The third kappa shape index (κ3) is 2.18. The van der Waals surface area contributed by atoms with Gasteiger partial charge in [-0.1, -0.05) is 20.8 Å². The number of ketones is 1. The molecule has 2 atom stereocenters. The number of carbonyl (C=O) groups excluding carboxylic acids is 1. The van der Waals surface area contributed by atoms with Gasteiger partial charge < -0.3 is 20.4 Å². The predicted molar refractivity (Wildman–Crippen MR) is 74.3 cm³/mol. The molecule has 0 aliphatic heterocycles. The zero-order valence-corrected chi connectivity index (χ0v) is 13.0. The third-order valence-electron chi connectivity index (χ3n) is 4.73. The van der Waals surface area contributed by atoms with Crippen molar-refractivity contribution < 1.29 is 39.6 Å². The molecule has 0 amide bonds.